The standard InChI is InChI=1S/C25H31N3O5/c1-14-8-10-17(11-9-14)21-19(23(30)24(31)28(21)13-7-12-27(4)5)22(29)18-15(2)20(25(32)33-6)26-16(18)3/h8-11,21,26,29H,7,12-13H2,1-6H3/b22-19+/t21-/m0/s1. The van der Waals surface area contributed by atoms with Crippen molar-refractivity contribution >= 4 is 23.4 Å². The molecule has 1 aromatic carbocycles. The molecule has 2 aromatic rings. The number of carbonyl (C=O) groups excluding carboxylic acids is 3. The van der Waals surface area contributed by atoms with Crippen molar-refractivity contribution in [2.24, 2.45) is 0 Å². The summed E-state index contributed by atoms with van der Waals surface area (Å²) in [6.07, 6.45) is 0.678. The first-order valence-electron chi connectivity index (χ1n) is 10.9. The van der Waals surface area contributed by atoms with Gasteiger partial charge in [0.1, 0.15) is 11.5 Å². The zero-order valence-electron chi connectivity index (χ0n) is 20.0. The first-order valence-corrected chi connectivity index (χ1v) is 10.9. The molecule has 0 aliphatic carbocycles. The Morgan fingerprint density at radius 3 is 2.36 bits per heavy atom. The number of aliphatic hydroxyl groups is 1. The summed E-state index contributed by atoms with van der Waals surface area (Å²) in [6, 6.07) is 6.85. The quantitative estimate of drug-likeness (QED) is 0.289. The Balaban J connectivity index is 2.17. The van der Waals surface area contributed by atoms with Crippen LogP contribution in [0.2, 0.25) is 0 Å². The summed E-state index contributed by atoms with van der Waals surface area (Å²) in [6.45, 7) is 6.44. The lowest BCUT2D eigenvalue weighted by atomic mass is 9.93. The van der Waals surface area contributed by atoms with Gasteiger partial charge in [-0.25, -0.2) is 4.79 Å². The Bertz CT molecular complexity index is 1110. The summed E-state index contributed by atoms with van der Waals surface area (Å²) in [7, 11) is 5.16. The van der Waals surface area contributed by atoms with Gasteiger partial charge < -0.3 is 24.6 Å². The summed E-state index contributed by atoms with van der Waals surface area (Å²) < 4.78 is 4.81. The third-order valence-corrected chi connectivity index (χ3v) is 6.00. The highest BCUT2D eigenvalue weighted by atomic mass is 16.5. The fourth-order valence-corrected chi connectivity index (χ4v) is 4.31. The number of nitrogens with zero attached hydrogens (tertiary/aromatic N) is 2. The molecule has 176 valence electrons. The van der Waals surface area contributed by atoms with Gasteiger partial charge in [0, 0.05) is 17.8 Å². The Morgan fingerprint density at radius 2 is 1.79 bits per heavy atom. The van der Waals surface area contributed by atoms with Crippen molar-refractivity contribution in [2.45, 2.75) is 33.2 Å². The lowest BCUT2D eigenvalue weighted by molar-refractivity contribution is -0.139. The van der Waals surface area contributed by atoms with Crippen LogP contribution in [0.1, 0.15) is 50.9 Å². The number of aliphatic hydroxyl groups excluding tert-OH is 1. The first-order chi connectivity index (χ1) is 15.6. The van der Waals surface area contributed by atoms with Crippen LogP contribution >= 0.6 is 0 Å². The van der Waals surface area contributed by atoms with E-state index in [4.69, 9.17) is 4.74 Å². The number of rotatable bonds is 7. The van der Waals surface area contributed by atoms with E-state index < -0.39 is 23.7 Å². The highest BCUT2D eigenvalue weighted by Gasteiger charge is 2.46. The van der Waals surface area contributed by atoms with Gasteiger partial charge in [-0.1, -0.05) is 29.8 Å². The molecule has 0 saturated carbocycles. The van der Waals surface area contributed by atoms with Crippen LogP contribution in [0.25, 0.3) is 5.76 Å². The van der Waals surface area contributed by atoms with Crippen LogP contribution in [-0.2, 0) is 14.3 Å². The summed E-state index contributed by atoms with van der Waals surface area (Å²) in [5.41, 5.74) is 3.30. The van der Waals surface area contributed by atoms with Crippen molar-refractivity contribution in [3.8, 4) is 0 Å². The molecule has 1 saturated heterocycles. The highest BCUT2D eigenvalue weighted by molar-refractivity contribution is 6.46. The van der Waals surface area contributed by atoms with E-state index >= 15 is 0 Å². The Morgan fingerprint density at radius 1 is 1.15 bits per heavy atom. The number of ketones is 1. The molecule has 33 heavy (non-hydrogen) atoms. The average molecular weight is 454 g/mol. The number of Topliss-reactive ketones (excluding diaryl/α,β-unsaturated/α-hetero) is 1. The van der Waals surface area contributed by atoms with Gasteiger partial charge in [0.15, 0.2) is 0 Å². The number of hydrogen-bond acceptors (Lipinski definition) is 6. The maximum absolute atomic E-state index is 13.2. The van der Waals surface area contributed by atoms with E-state index in [1.165, 1.54) is 12.0 Å². The van der Waals surface area contributed by atoms with Gasteiger partial charge in [0.2, 0.25) is 0 Å². The number of amides is 1. The molecule has 0 bridgehead atoms. The second-order valence-electron chi connectivity index (χ2n) is 8.68. The maximum atomic E-state index is 13.2. The zero-order chi connectivity index (χ0) is 24.4. The number of likely N-dealkylation sites (tertiary alicyclic amines) is 1. The van der Waals surface area contributed by atoms with Crippen LogP contribution in [0.15, 0.2) is 29.8 Å². The van der Waals surface area contributed by atoms with Gasteiger partial charge in [0.05, 0.1) is 18.7 Å². The number of hydrogen-bond donors (Lipinski definition) is 2. The number of aryl methyl sites for hydroxylation is 2. The van der Waals surface area contributed by atoms with E-state index in [1.807, 2.05) is 50.2 Å². The van der Waals surface area contributed by atoms with Crippen molar-refractivity contribution in [1.82, 2.24) is 14.8 Å². The number of benzene rings is 1. The molecule has 0 spiro atoms. The molecule has 8 nitrogen and oxygen atoms in total. The van der Waals surface area contributed by atoms with E-state index in [1.54, 1.807) is 13.8 Å². The average Bonchev–Trinajstić information content (AvgIpc) is 3.20. The summed E-state index contributed by atoms with van der Waals surface area (Å²) in [5, 5.41) is 11.4. The van der Waals surface area contributed by atoms with Crippen LogP contribution in [-0.4, -0.2) is 71.8 Å². The van der Waals surface area contributed by atoms with Gasteiger partial charge in [0.25, 0.3) is 11.7 Å². The van der Waals surface area contributed by atoms with Gasteiger partial charge in [-0.2, -0.15) is 0 Å². The first kappa shape index (κ1) is 24.3. The molecular weight excluding hydrogens is 422 g/mol. The molecule has 1 atom stereocenters. The topological polar surface area (TPSA) is 103 Å². The molecule has 2 heterocycles. The SMILES string of the molecule is COC(=O)c1[nH]c(C)c(/C(O)=C2\C(=O)C(=O)N(CCCN(C)C)[C@H]2c2ccc(C)cc2)c1C. The lowest BCUT2D eigenvalue weighted by Gasteiger charge is -2.26. The molecule has 1 amide bonds. The third kappa shape index (κ3) is 4.57. The van der Waals surface area contributed by atoms with E-state index in [0.29, 0.717) is 29.8 Å². The summed E-state index contributed by atoms with van der Waals surface area (Å²) in [4.78, 5) is 44.8. The number of ether oxygens (including phenoxy) is 1. The number of nitrogens with one attached hydrogen (secondary N) is 1. The Kier molecular flexibility index (Phi) is 7.07. The van der Waals surface area contributed by atoms with Crippen molar-refractivity contribution in [2.75, 3.05) is 34.3 Å². The molecular formula is C25H31N3O5. The normalized spacial score (nSPS) is 17.8. The van der Waals surface area contributed by atoms with E-state index in [9.17, 15) is 19.5 Å². The van der Waals surface area contributed by atoms with Crippen molar-refractivity contribution in [1.29, 1.82) is 0 Å². The minimum Gasteiger partial charge on any atom is -0.507 e. The number of carbonyl (C=O) groups is 3. The minimum atomic E-state index is -0.734. The number of methoxy groups -OCH3 is 1. The Labute approximate surface area is 193 Å². The molecule has 2 N–H and O–H groups in total. The van der Waals surface area contributed by atoms with E-state index in [-0.39, 0.29) is 17.0 Å². The van der Waals surface area contributed by atoms with E-state index in [0.717, 1.165) is 17.7 Å². The summed E-state index contributed by atoms with van der Waals surface area (Å²) in [5.74, 6) is -2.24. The van der Waals surface area contributed by atoms with Crippen LogP contribution in [0.5, 0.6) is 0 Å². The van der Waals surface area contributed by atoms with Gasteiger partial charge in [-0.15, -0.1) is 0 Å². The highest BCUT2D eigenvalue weighted by Crippen LogP contribution is 2.41. The fourth-order valence-electron chi connectivity index (χ4n) is 4.31. The molecule has 1 aliphatic heterocycles. The zero-order valence-corrected chi connectivity index (χ0v) is 20.0. The molecule has 1 fully saturated rings. The molecule has 1 aliphatic rings. The lowest BCUT2D eigenvalue weighted by Crippen LogP contribution is -2.32. The second-order valence-corrected chi connectivity index (χ2v) is 8.68. The number of aromatic nitrogens is 1. The van der Waals surface area contributed by atoms with Gasteiger partial charge >= 0.3 is 5.97 Å². The van der Waals surface area contributed by atoms with Gasteiger partial charge in [-0.3, -0.25) is 9.59 Å². The van der Waals surface area contributed by atoms with E-state index in [2.05, 4.69) is 4.98 Å². The number of aromatic amines is 1. The van der Waals surface area contributed by atoms with Crippen LogP contribution in [0.4, 0.5) is 0 Å². The molecule has 0 radical (unpaired) electrons. The predicted molar refractivity (Wildman–Crippen MR) is 125 cm³/mol. The smallest absolute Gasteiger partial charge is 0.354 e. The van der Waals surface area contributed by atoms with Crippen molar-refractivity contribution < 1.29 is 24.2 Å². The number of esters is 1. The molecule has 0 unspecified atom stereocenters. The molecule has 3 rings (SSSR count). The van der Waals surface area contributed by atoms with Crippen LogP contribution in [0.3, 0.4) is 0 Å². The summed E-state index contributed by atoms with van der Waals surface area (Å²) >= 11 is 0. The van der Waals surface area contributed by atoms with Crippen LogP contribution < -0.4 is 0 Å². The predicted octanol–water partition coefficient (Wildman–Crippen LogP) is 3.10. The van der Waals surface area contributed by atoms with Crippen LogP contribution in [0, 0.1) is 20.8 Å². The third-order valence-electron chi connectivity index (χ3n) is 6.00. The van der Waals surface area contributed by atoms with Crippen molar-refractivity contribution in [3.63, 3.8) is 0 Å². The minimum absolute atomic E-state index is 0.0234. The maximum Gasteiger partial charge on any atom is 0.354 e. The largest absolute Gasteiger partial charge is 0.507 e. The molecule has 8 heteroatoms. The Hall–Kier alpha value is -3.39. The molecule has 1 aromatic heterocycles. The fraction of sp³-hybridized carbons (Fsp3) is 0.400. The van der Waals surface area contributed by atoms with Crippen molar-refractivity contribution in [3.05, 3.63) is 63.5 Å². The number of H-pyrrole nitrogens is 1. The monoisotopic (exact) mass is 453 g/mol. The second kappa shape index (κ2) is 9.62. The van der Waals surface area contributed by atoms with Gasteiger partial charge in [-0.05, 0) is 59.0 Å².